The molecule has 0 N–H and O–H groups in total. The van der Waals surface area contributed by atoms with Crippen molar-refractivity contribution in [1.29, 1.82) is 0 Å². The van der Waals surface area contributed by atoms with E-state index in [1.807, 2.05) is 51.1 Å². The van der Waals surface area contributed by atoms with E-state index in [4.69, 9.17) is 16.3 Å². The molecule has 28 heavy (non-hydrogen) atoms. The lowest BCUT2D eigenvalue weighted by Crippen LogP contribution is -2.27. The molecule has 2 aromatic rings. The molecule has 3 rings (SSSR count). The molecule has 1 aliphatic rings. The molecule has 0 aliphatic carbocycles. The molecule has 1 saturated heterocycles. The summed E-state index contributed by atoms with van der Waals surface area (Å²) >= 11 is 7.25. The predicted octanol–water partition coefficient (Wildman–Crippen LogP) is 6.06. The van der Waals surface area contributed by atoms with E-state index in [1.165, 1.54) is 4.90 Å². The lowest BCUT2D eigenvalue weighted by atomic mass is 10.1. The van der Waals surface area contributed by atoms with Gasteiger partial charge in [-0.3, -0.25) is 14.5 Å². The minimum atomic E-state index is -0.286. The number of ether oxygens (including phenoxy) is 1. The summed E-state index contributed by atoms with van der Waals surface area (Å²) in [6.07, 6.45) is 2.65. The molecule has 1 heterocycles. The number of benzene rings is 2. The van der Waals surface area contributed by atoms with Crippen molar-refractivity contribution in [3.05, 3.63) is 69.1 Å². The van der Waals surface area contributed by atoms with E-state index in [0.29, 0.717) is 15.7 Å². The molecule has 2 aromatic carbocycles. The minimum Gasteiger partial charge on any atom is -0.489 e. The van der Waals surface area contributed by atoms with Crippen LogP contribution in [-0.4, -0.2) is 22.2 Å². The summed E-state index contributed by atoms with van der Waals surface area (Å²) in [6, 6.07) is 13.2. The average Bonchev–Trinajstić information content (AvgIpc) is 2.93. The molecule has 0 radical (unpaired) electrons. The molecule has 0 spiro atoms. The van der Waals surface area contributed by atoms with Crippen LogP contribution in [0.25, 0.3) is 6.08 Å². The van der Waals surface area contributed by atoms with Crippen LogP contribution in [0.3, 0.4) is 0 Å². The molecule has 1 fully saturated rings. The third-order valence-electron chi connectivity index (χ3n) is 4.49. The first-order valence-corrected chi connectivity index (χ1v) is 10.3. The Kier molecular flexibility index (Phi) is 6.47. The highest BCUT2D eigenvalue weighted by molar-refractivity contribution is 8.18. The fourth-order valence-electron chi connectivity index (χ4n) is 2.67. The third kappa shape index (κ3) is 4.78. The zero-order chi connectivity index (χ0) is 20.3. The summed E-state index contributed by atoms with van der Waals surface area (Å²) in [5.74, 6) is 0.326. The maximum absolute atomic E-state index is 12.7. The minimum absolute atomic E-state index is 0.0709. The highest BCUT2D eigenvalue weighted by atomic mass is 35.5. The first kappa shape index (κ1) is 20.5. The van der Waals surface area contributed by atoms with Crippen molar-refractivity contribution in [1.82, 2.24) is 4.90 Å². The number of nitrogens with zero attached hydrogens (tertiary/aromatic N) is 1. The van der Waals surface area contributed by atoms with Crippen LogP contribution in [0.1, 0.15) is 37.0 Å². The number of thioether (sulfide) groups is 1. The number of aryl methyl sites for hydroxylation is 1. The van der Waals surface area contributed by atoms with E-state index in [-0.39, 0.29) is 23.8 Å². The Labute approximate surface area is 174 Å². The Morgan fingerprint density at radius 2 is 1.89 bits per heavy atom. The molecule has 4 nitrogen and oxygen atoms in total. The molecule has 2 amide bonds. The molecule has 146 valence electrons. The van der Waals surface area contributed by atoms with Crippen molar-refractivity contribution in [2.75, 3.05) is 0 Å². The van der Waals surface area contributed by atoms with Crippen molar-refractivity contribution in [3.63, 3.8) is 0 Å². The van der Waals surface area contributed by atoms with E-state index in [1.54, 1.807) is 18.2 Å². The fraction of sp³-hybridized carbons (Fsp3) is 0.273. The van der Waals surface area contributed by atoms with Crippen LogP contribution in [0.2, 0.25) is 5.02 Å². The average molecular weight is 416 g/mol. The second-order valence-corrected chi connectivity index (χ2v) is 8.18. The van der Waals surface area contributed by atoms with Gasteiger partial charge in [-0.05, 0) is 61.4 Å². The second kappa shape index (κ2) is 8.84. The van der Waals surface area contributed by atoms with E-state index < -0.39 is 0 Å². The third-order valence-corrected chi connectivity index (χ3v) is 5.69. The molecular weight excluding hydrogens is 394 g/mol. The molecule has 0 unspecified atom stereocenters. The summed E-state index contributed by atoms with van der Waals surface area (Å²) in [6.45, 7) is 6.29. The number of carbonyl (C=O) groups is 2. The maximum Gasteiger partial charge on any atom is 0.293 e. The Morgan fingerprint density at radius 1 is 1.18 bits per heavy atom. The van der Waals surface area contributed by atoms with Gasteiger partial charge >= 0.3 is 0 Å². The van der Waals surface area contributed by atoms with Gasteiger partial charge < -0.3 is 4.74 Å². The van der Waals surface area contributed by atoms with Gasteiger partial charge in [0.1, 0.15) is 5.75 Å². The Bertz CT molecular complexity index is 924. The number of hydrogen-bond acceptors (Lipinski definition) is 4. The summed E-state index contributed by atoms with van der Waals surface area (Å²) in [5, 5.41) is 0.215. The number of hydrogen-bond donors (Lipinski definition) is 0. The highest BCUT2D eigenvalue weighted by Crippen LogP contribution is 2.34. The molecule has 0 aromatic heterocycles. The van der Waals surface area contributed by atoms with Crippen LogP contribution in [0.15, 0.2) is 47.4 Å². The van der Waals surface area contributed by atoms with Crippen LogP contribution < -0.4 is 4.74 Å². The van der Waals surface area contributed by atoms with Gasteiger partial charge in [0.2, 0.25) is 0 Å². The van der Waals surface area contributed by atoms with Gasteiger partial charge in [-0.1, -0.05) is 54.4 Å². The van der Waals surface area contributed by atoms with Gasteiger partial charge in [-0.25, -0.2) is 0 Å². The van der Waals surface area contributed by atoms with Crippen LogP contribution in [0, 0.1) is 6.92 Å². The zero-order valence-electron chi connectivity index (χ0n) is 16.1. The van der Waals surface area contributed by atoms with Crippen molar-refractivity contribution in [2.45, 2.75) is 39.8 Å². The van der Waals surface area contributed by atoms with Gasteiger partial charge in [0.25, 0.3) is 11.1 Å². The SMILES string of the molecule is CC[C@H](C)Oc1ccc(/C=C2\SC(=O)N(Cc3ccc(C)cc3)C2=O)cc1Cl. The van der Waals surface area contributed by atoms with E-state index in [0.717, 1.165) is 34.9 Å². The summed E-state index contributed by atoms with van der Waals surface area (Å²) < 4.78 is 5.76. The Morgan fingerprint density at radius 3 is 2.54 bits per heavy atom. The standard InChI is InChI=1S/C22H22ClNO3S/c1-4-15(3)27-19-10-9-17(11-18(19)23)12-20-21(25)24(22(26)28-20)13-16-7-5-14(2)6-8-16/h5-12,15H,4,13H2,1-3H3/b20-12-/t15-/m0/s1. The lowest BCUT2D eigenvalue weighted by molar-refractivity contribution is -0.123. The lowest BCUT2D eigenvalue weighted by Gasteiger charge is -2.14. The van der Waals surface area contributed by atoms with Gasteiger partial charge in [0.05, 0.1) is 22.6 Å². The normalized spacial score (nSPS) is 16.7. The Balaban J connectivity index is 1.76. The summed E-state index contributed by atoms with van der Waals surface area (Å²) in [7, 11) is 0. The first-order chi connectivity index (χ1) is 13.4. The van der Waals surface area contributed by atoms with E-state index in [2.05, 4.69) is 0 Å². The van der Waals surface area contributed by atoms with Crippen LogP contribution in [0.5, 0.6) is 5.75 Å². The monoisotopic (exact) mass is 415 g/mol. The fourth-order valence-corrected chi connectivity index (χ4v) is 3.74. The predicted molar refractivity (Wildman–Crippen MR) is 115 cm³/mol. The maximum atomic E-state index is 12.7. The number of rotatable bonds is 6. The van der Waals surface area contributed by atoms with E-state index in [9.17, 15) is 9.59 Å². The van der Waals surface area contributed by atoms with Crippen molar-refractivity contribution < 1.29 is 14.3 Å². The quantitative estimate of drug-likeness (QED) is 0.538. The van der Waals surface area contributed by atoms with Gasteiger partial charge in [-0.2, -0.15) is 0 Å². The Hall–Kier alpha value is -2.24. The van der Waals surface area contributed by atoms with Gasteiger partial charge in [0.15, 0.2) is 0 Å². The van der Waals surface area contributed by atoms with Crippen LogP contribution >= 0.6 is 23.4 Å². The molecular formula is C22H22ClNO3S. The zero-order valence-corrected chi connectivity index (χ0v) is 17.6. The van der Waals surface area contributed by atoms with E-state index >= 15 is 0 Å². The number of carbonyl (C=O) groups excluding carboxylic acids is 2. The highest BCUT2D eigenvalue weighted by Gasteiger charge is 2.34. The summed E-state index contributed by atoms with van der Waals surface area (Å²) in [4.78, 5) is 26.7. The number of imide groups is 1. The smallest absolute Gasteiger partial charge is 0.293 e. The van der Waals surface area contributed by atoms with Crippen molar-refractivity contribution in [2.24, 2.45) is 0 Å². The molecule has 0 bridgehead atoms. The molecule has 1 aliphatic heterocycles. The van der Waals surface area contributed by atoms with Crippen molar-refractivity contribution >= 4 is 40.6 Å². The molecule has 1 atom stereocenters. The second-order valence-electron chi connectivity index (χ2n) is 6.78. The molecule has 6 heteroatoms. The van der Waals surface area contributed by atoms with Gasteiger partial charge in [0, 0.05) is 0 Å². The van der Waals surface area contributed by atoms with Crippen molar-refractivity contribution in [3.8, 4) is 5.75 Å². The molecule has 0 saturated carbocycles. The largest absolute Gasteiger partial charge is 0.489 e. The number of amides is 2. The topological polar surface area (TPSA) is 46.6 Å². The first-order valence-electron chi connectivity index (χ1n) is 9.14. The summed E-state index contributed by atoms with van der Waals surface area (Å²) in [5.41, 5.74) is 2.81. The van der Waals surface area contributed by atoms with Crippen LogP contribution in [-0.2, 0) is 11.3 Å². The van der Waals surface area contributed by atoms with Crippen LogP contribution in [0.4, 0.5) is 4.79 Å². The van der Waals surface area contributed by atoms with Gasteiger partial charge in [-0.15, -0.1) is 0 Å². The number of halogens is 1.